The number of H-pyrrole nitrogens is 1. The highest BCUT2D eigenvalue weighted by Gasteiger charge is 2.36. The van der Waals surface area contributed by atoms with Gasteiger partial charge in [-0.15, -0.1) is 0 Å². The van der Waals surface area contributed by atoms with E-state index in [1.165, 1.54) is 77.2 Å². The van der Waals surface area contributed by atoms with Crippen LogP contribution in [0.1, 0.15) is 25.0 Å². The van der Waals surface area contributed by atoms with Crippen molar-refractivity contribution in [2.45, 2.75) is 19.3 Å². The second-order valence-electron chi connectivity index (χ2n) is 12.0. The molecule has 2 aromatic heterocycles. The quantitative estimate of drug-likeness (QED) is 0.203. The maximum absolute atomic E-state index is 3.75. The zero-order valence-electron chi connectivity index (χ0n) is 23.4. The van der Waals surface area contributed by atoms with Gasteiger partial charge in [0.05, 0.1) is 22.1 Å². The fourth-order valence-electron chi connectivity index (χ4n) is 7.39. The van der Waals surface area contributed by atoms with Crippen molar-refractivity contribution in [2.75, 3.05) is 0 Å². The van der Waals surface area contributed by atoms with Crippen molar-refractivity contribution in [3.05, 3.63) is 137 Å². The van der Waals surface area contributed by atoms with Crippen LogP contribution in [0.15, 0.2) is 126 Å². The lowest BCUT2D eigenvalue weighted by molar-refractivity contribution is 0.661. The minimum Gasteiger partial charge on any atom is -0.353 e. The molecule has 0 atom stereocenters. The fourth-order valence-corrected chi connectivity index (χ4v) is 7.85. The molecule has 6 aromatic carbocycles. The maximum atomic E-state index is 3.75. The molecule has 0 saturated carbocycles. The Morgan fingerprint density at radius 2 is 1.26 bits per heavy atom. The van der Waals surface area contributed by atoms with Crippen molar-refractivity contribution in [3.63, 3.8) is 0 Å². The van der Waals surface area contributed by atoms with Crippen LogP contribution in [-0.2, 0) is 5.41 Å². The number of fused-ring (bicyclic) bond motifs is 9. The number of nitrogens with zero attached hydrogens (tertiary/aromatic N) is 1. The highest BCUT2D eigenvalue weighted by molar-refractivity contribution is 9.10. The van der Waals surface area contributed by atoms with E-state index in [9.17, 15) is 0 Å². The van der Waals surface area contributed by atoms with E-state index in [1.54, 1.807) is 0 Å². The van der Waals surface area contributed by atoms with Crippen molar-refractivity contribution in [3.8, 4) is 27.9 Å². The first-order chi connectivity index (χ1) is 20.5. The van der Waals surface area contributed by atoms with E-state index in [4.69, 9.17) is 0 Å². The Morgan fingerprint density at radius 3 is 2.12 bits per heavy atom. The van der Waals surface area contributed by atoms with Crippen molar-refractivity contribution in [1.29, 1.82) is 0 Å². The number of aromatic amines is 1. The molecule has 0 amide bonds. The minimum atomic E-state index is -0.0528. The predicted octanol–water partition coefficient (Wildman–Crippen LogP) is 11.2. The van der Waals surface area contributed by atoms with Crippen LogP contribution >= 0.6 is 15.9 Å². The van der Waals surface area contributed by atoms with Gasteiger partial charge in [0.15, 0.2) is 0 Å². The SMILES string of the molecule is CC1(C)c2ccccc2-c2cc3c4cc(-c5cccc6c5[nH]c5c(Br)cccc56)ccc4n(-c4ccccc4)c3cc21. The van der Waals surface area contributed by atoms with Crippen molar-refractivity contribution < 1.29 is 0 Å². The Morgan fingerprint density at radius 1 is 0.548 bits per heavy atom. The Balaban J connectivity index is 1.37. The molecule has 0 aliphatic heterocycles. The van der Waals surface area contributed by atoms with Crippen LogP contribution < -0.4 is 0 Å². The Bertz CT molecular complexity index is 2390. The molecule has 1 aliphatic rings. The minimum absolute atomic E-state index is 0.0528. The van der Waals surface area contributed by atoms with Gasteiger partial charge in [-0.1, -0.05) is 92.7 Å². The van der Waals surface area contributed by atoms with E-state index < -0.39 is 0 Å². The normalized spacial score (nSPS) is 13.8. The Labute approximate surface area is 252 Å². The average Bonchev–Trinajstić information content (AvgIpc) is 3.63. The van der Waals surface area contributed by atoms with Crippen LogP contribution in [0.2, 0.25) is 0 Å². The summed E-state index contributed by atoms with van der Waals surface area (Å²) in [6.07, 6.45) is 0. The number of aromatic nitrogens is 2. The molecular formula is C39H27BrN2. The van der Waals surface area contributed by atoms with E-state index in [-0.39, 0.29) is 5.41 Å². The lowest BCUT2D eigenvalue weighted by atomic mass is 9.82. The molecule has 0 spiro atoms. The van der Waals surface area contributed by atoms with Crippen molar-refractivity contribution in [2.24, 2.45) is 0 Å². The summed E-state index contributed by atoms with van der Waals surface area (Å²) in [5.41, 5.74) is 13.8. The number of nitrogens with one attached hydrogen (secondary N) is 1. The molecule has 2 heterocycles. The topological polar surface area (TPSA) is 20.7 Å². The number of hydrogen-bond donors (Lipinski definition) is 1. The third-order valence-electron chi connectivity index (χ3n) is 9.41. The number of para-hydroxylation sites is 3. The molecule has 0 bridgehead atoms. The molecule has 0 fully saturated rings. The molecule has 0 radical (unpaired) electrons. The molecule has 1 aliphatic carbocycles. The fraction of sp³-hybridized carbons (Fsp3) is 0.0769. The molecule has 0 unspecified atom stereocenters. The van der Waals surface area contributed by atoms with E-state index >= 15 is 0 Å². The molecule has 0 saturated heterocycles. The summed E-state index contributed by atoms with van der Waals surface area (Å²) >= 11 is 3.75. The maximum Gasteiger partial charge on any atom is 0.0609 e. The summed E-state index contributed by atoms with van der Waals surface area (Å²) in [7, 11) is 0. The second kappa shape index (κ2) is 8.47. The monoisotopic (exact) mass is 602 g/mol. The first-order valence-corrected chi connectivity index (χ1v) is 15.3. The Hall–Kier alpha value is -4.60. The van der Waals surface area contributed by atoms with Crippen LogP contribution in [-0.4, -0.2) is 9.55 Å². The van der Waals surface area contributed by atoms with Crippen LogP contribution in [0.3, 0.4) is 0 Å². The van der Waals surface area contributed by atoms with Crippen LogP contribution in [0.4, 0.5) is 0 Å². The first-order valence-electron chi connectivity index (χ1n) is 14.5. The highest BCUT2D eigenvalue weighted by Crippen LogP contribution is 2.51. The lowest BCUT2D eigenvalue weighted by Crippen LogP contribution is -2.14. The molecule has 2 nitrogen and oxygen atoms in total. The largest absolute Gasteiger partial charge is 0.353 e. The van der Waals surface area contributed by atoms with Gasteiger partial charge in [-0.3, -0.25) is 0 Å². The molecule has 8 aromatic rings. The van der Waals surface area contributed by atoms with Crippen molar-refractivity contribution >= 4 is 59.5 Å². The molecular weight excluding hydrogens is 576 g/mol. The average molecular weight is 604 g/mol. The van der Waals surface area contributed by atoms with Crippen LogP contribution in [0.25, 0.3) is 71.6 Å². The summed E-state index contributed by atoms with van der Waals surface area (Å²) in [5, 5.41) is 5.03. The van der Waals surface area contributed by atoms with E-state index in [2.05, 4.69) is 161 Å². The van der Waals surface area contributed by atoms with E-state index in [0.717, 1.165) is 9.99 Å². The second-order valence-corrected chi connectivity index (χ2v) is 12.9. The summed E-state index contributed by atoms with van der Waals surface area (Å²) in [6, 6.07) is 44.6. The summed E-state index contributed by atoms with van der Waals surface area (Å²) < 4.78 is 3.52. The van der Waals surface area contributed by atoms with Gasteiger partial charge in [-0.25, -0.2) is 0 Å². The van der Waals surface area contributed by atoms with Gasteiger partial charge in [0.2, 0.25) is 0 Å². The van der Waals surface area contributed by atoms with Gasteiger partial charge < -0.3 is 9.55 Å². The van der Waals surface area contributed by atoms with Crippen LogP contribution in [0.5, 0.6) is 0 Å². The summed E-state index contributed by atoms with van der Waals surface area (Å²) in [4.78, 5) is 3.73. The van der Waals surface area contributed by atoms with E-state index in [1.807, 2.05) is 0 Å². The molecule has 200 valence electrons. The molecule has 1 N–H and O–H groups in total. The standard InChI is InChI=1S/C39H27BrN2/c1-39(2)32-16-7-6-12-26(32)29-21-31-30-20-23(25-13-8-14-27-28-15-9-17-34(40)38(28)41-37(25)27)18-19-35(30)42(36(31)22-33(29)39)24-10-4-3-5-11-24/h3-22,41H,1-2H3. The van der Waals surface area contributed by atoms with E-state index in [0.29, 0.717) is 0 Å². The van der Waals surface area contributed by atoms with Gasteiger partial charge in [0.1, 0.15) is 0 Å². The number of halogens is 1. The van der Waals surface area contributed by atoms with Gasteiger partial charge in [-0.2, -0.15) is 0 Å². The summed E-state index contributed by atoms with van der Waals surface area (Å²) in [6.45, 7) is 4.72. The van der Waals surface area contributed by atoms with Gasteiger partial charge in [0.25, 0.3) is 0 Å². The van der Waals surface area contributed by atoms with Crippen LogP contribution in [0, 0.1) is 0 Å². The highest BCUT2D eigenvalue weighted by atomic mass is 79.9. The number of hydrogen-bond acceptors (Lipinski definition) is 0. The smallest absolute Gasteiger partial charge is 0.0609 e. The zero-order valence-corrected chi connectivity index (χ0v) is 25.0. The Kier molecular flexibility index (Phi) is 4.85. The van der Waals surface area contributed by atoms with Gasteiger partial charge >= 0.3 is 0 Å². The third-order valence-corrected chi connectivity index (χ3v) is 10.1. The lowest BCUT2D eigenvalue weighted by Gasteiger charge is -2.21. The van der Waals surface area contributed by atoms with Crippen molar-refractivity contribution in [1.82, 2.24) is 9.55 Å². The van der Waals surface area contributed by atoms with Gasteiger partial charge in [0, 0.05) is 42.7 Å². The molecule has 3 heteroatoms. The first kappa shape index (κ1) is 24.0. The molecule has 42 heavy (non-hydrogen) atoms. The number of benzene rings is 6. The predicted molar refractivity (Wildman–Crippen MR) is 181 cm³/mol. The van der Waals surface area contributed by atoms with Gasteiger partial charge in [-0.05, 0) is 86.2 Å². The number of rotatable bonds is 2. The zero-order chi connectivity index (χ0) is 28.2. The molecule has 9 rings (SSSR count). The summed E-state index contributed by atoms with van der Waals surface area (Å²) in [5.74, 6) is 0. The third kappa shape index (κ3) is 3.15.